The molecule has 1 aromatic rings. The van der Waals surface area contributed by atoms with Gasteiger partial charge in [-0.1, -0.05) is 45.0 Å². The highest BCUT2D eigenvalue weighted by atomic mass is 16.5. The molecule has 0 aliphatic heterocycles. The van der Waals surface area contributed by atoms with Gasteiger partial charge in [0.15, 0.2) is 0 Å². The van der Waals surface area contributed by atoms with Crippen LogP contribution in [0.4, 0.5) is 0 Å². The monoisotopic (exact) mass is 248 g/mol. The maximum atomic E-state index is 11.6. The van der Waals surface area contributed by atoms with Crippen LogP contribution >= 0.6 is 0 Å². The van der Waals surface area contributed by atoms with Gasteiger partial charge in [-0.15, -0.1) is 0 Å². The van der Waals surface area contributed by atoms with E-state index in [1.807, 2.05) is 24.3 Å². The van der Waals surface area contributed by atoms with Gasteiger partial charge in [0.25, 0.3) is 0 Å². The van der Waals surface area contributed by atoms with Crippen LogP contribution in [0.2, 0.25) is 0 Å². The average molecular weight is 248 g/mol. The third-order valence-corrected chi connectivity index (χ3v) is 2.95. The summed E-state index contributed by atoms with van der Waals surface area (Å²) in [7, 11) is 1.29. The summed E-state index contributed by atoms with van der Waals surface area (Å²) in [5.41, 5.74) is 1.90. The lowest BCUT2D eigenvalue weighted by Gasteiger charge is -2.20. The number of carbonyl (C=O) groups excluding carboxylic acids is 2. The summed E-state index contributed by atoms with van der Waals surface area (Å²) in [6.07, 6.45) is 0. The van der Waals surface area contributed by atoms with Crippen LogP contribution in [0.25, 0.3) is 0 Å². The SMILES string of the molecule is COC(=O)C(C(C)=O)c1ccc(C(C)(C)C)cc1. The van der Waals surface area contributed by atoms with Gasteiger partial charge in [-0.05, 0) is 23.5 Å². The first-order valence-corrected chi connectivity index (χ1v) is 5.96. The van der Waals surface area contributed by atoms with Crippen molar-refractivity contribution < 1.29 is 14.3 Å². The molecule has 0 fully saturated rings. The number of hydrogen-bond acceptors (Lipinski definition) is 3. The van der Waals surface area contributed by atoms with Crippen molar-refractivity contribution in [3.63, 3.8) is 0 Å². The summed E-state index contributed by atoms with van der Waals surface area (Å²) in [5, 5.41) is 0. The fourth-order valence-electron chi connectivity index (χ4n) is 1.83. The molecule has 0 aliphatic rings. The van der Waals surface area contributed by atoms with E-state index in [2.05, 4.69) is 25.5 Å². The first-order valence-electron chi connectivity index (χ1n) is 5.96. The molecular formula is C15H20O3. The molecule has 0 N–H and O–H groups in total. The molecule has 1 rings (SSSR count). The first-order chi connectivity index (χ1) is 8.27. The van der Waals surface area contributed by atoms with Gasteiger partial charge >= 0.3 is 5.97 Å². The van der Waals surface area contributed by atoms with E-state index >= 15 is 0 Å². The standard InChI is InChI=1S/C15H20O3/c1-10(16)13(14(17)18-5)11-6-8-12(9-7-11)15(2,3)4/h6-9,13H,1-5H3. The zero-order valence-corrected chi connectivity index (χ0v) is 11.6. The van der Waals surface area contributed by atoms with Crippen LogP contribution in [0.15, 0.2) is 24.3 Å². The number of rotatable bonds is 3. The van der Waals surface area contributed by atoms with E-state index in [1.54, 1.807) is 0 Å². The number of carbonyl (C=O) groups is 2. The van der Waals surface area contributed by atoms with E-state index in [0.29, 0.717) is 5.56 Å². The predicted molar refractivity (Wildman–Crippen MR) is 70.6 cm³/mol. The Balaban J connectivity index is 3.09. The molecule has 1 unspecified atom stereocenters. The fraction of sp³-hybridized carbons (Fsp3) is 0.467. The Kier molecular flexibility index (Phi) is 4.28. The number of esters is 1. The summed E-state index contributed by atoms with van der Waals surface area (Å²) in [6, 6.07) is 7.55. The van der Waals surface area contributed by atoms with Gasteiger partial charge in [-0.3, -0.25) is 9.59 Å². The predicted octanol–water partition coefficient (Wildman–Crippen LogP) is 2.83. The van der Waals surface area contributed by atoms with Crippen LogP contribution in [0.3, 0.4) is 0 Å². The second-order valence-electron chi connectivity index (χ2n) is 5.44. The quantitative estimate of drug-likeness (QED) is 0.610. The zero-order chi connectivity index (χ0) is 13.9. The largest absolute Gasteiger partial charge is 0.468 e. The highest BCUT2D eigenvalue weighted by Gasteiger charge is 2.26. The molecule has 0 aromatic heterocycles. The summed E-state index contributed by atoms with van der Waals surface area (Å²) < 4.78 is 4.67. The summed E-state index contributed by atoms with van der Waals surface area (Å²) in [4.78, 5) is 23.1. The smallest absolute Gasteiger partial charge is 0.320 e. The minimum absolute atomic E-state index is 0.0511. The molecule has 18 heavy (non-hydrogen) atoms. The Morgan fingerprint density at radius 3 is 1.94 bits per heavy atom. The Morgan fingerprint density at radius 2 is 1.61 bits per heavy atom. The molecular weight excluding hydrogens is 228 g/mol. The molecule has 0 aliphatic carbocycles. The van der Waals surface area contributed by atoms with Crippen molar-refractivity contribution in [2.45, 2.75) is 39.0 Å². The molecule has 98 valence electrons. The van der Waals surface area contributed by atoms with Gasteiger partial charge in [0.05, 0.1) is 7.11 Å². The van der Waals surface area contributed by atoms with Gasteiger partial charge in [0.2, 0.25) is 0 Å². The van der Waals surface area contributed by atoms with Crippen molar-refractivity contribution in [2.24, 2.45) is 0 Å². The molecule has 0 saturated heterocycles. The van der Waals surface area contributed by atoms with E-state index in [0.717, 1.165) is 0 Å². The van der Waals surface area contributed by atoms with Crippen LogP contribution in [0.1, 0.15) is 44.7 Å². The number of benzene rings is 1. The minimum Gasteiger partial charge on any atom is -0.468 e. The maximum absolute atomic E-state index is 11.6. The lowest BCUT2D eigenvalue weighted by molar-refractivity contribution is -0.145. The number of hydrogen-bond donors (Lipinski definition) is 0. The van der Waals surface area contributed by atoms with Crippen molar-refractivity contribution in [1.82, 2.24) is 0 Å². The molecule has 0 radical (unpaired) electrons. The van der Waals surface area contributed by atoms with Crippen LogP contribution < -0.4 is 0 Å². The summed E-state index contributed by atoms with van der Waals surface area (Å²) in [5.74, 6) is -1.53. The highest BCUT2D eigenvalue weighted by Crippen LogP contribution is 2.25. The highest BCUT2D eigenvalue weighted by molar-refractivity contribution is 6.03. The van der Waals surface area contributed by atoms with Gasteiger partial charge in [0, 0.05) is 0 Å². The van der Waals surface area contributed by atoms with Gasteiger partial charge in [-0.25, -0.2) is 0 Å². The van der Waals surface area contributed by atoms with Crippen LogP contribution in [-0.4, -0.2) is 18.9 Å². The Bertz CT molecular complexity index is 438. The van der Waals surface area contributed by atoms with Gasteiger partial charge < -0.3 is 4.74 Å². The van der Waals surface area contributed by atoms with Crippen molar-refractivity contribution >= 4 is 11.8 Å². The molecule has 0 amide bonds. The molecule has 0 saturated carbocycles. The fourth-order valence-corrected chi connectivity index (χ4v) is 1.83. The van der Waals surface area contributed by atoms with E-state index in [4.69, 9.17) is 0 Å². The van der Waals surface area contributed by atoms with Crippen molar-refractivity contribution in [1.29, 1.82) is 0 Å². The molecule has 0 spiro atoms. The lowest BCUT2D eigenvalue weighted by Crippen LogP contribution is -2.21. The van der Waals surface area contributed by atoms with Crippen LogP contribution in [0.5, 0.6) is 0 Å². The summed E-state index contributed by atoms with van der Waals surface area (Å²) in [6.45, 7) is 7.75. The third-order valence-electron chi connectivity index (χ3n) is 2.95. The van der Waals surface area contributed by atoms with E-state index < -0.39 is 11.9 Å². The number of methoxy groups -OCH3 is 1. The number of ether oxygens (including phenoxy) is 1. The van der Waals surface area contributed by atoms with Crippen LogP contribution in [0, 0.1) is 0 Å². The average Bonchev–Trinajstić information content (AvgIpc) is 2.28. The van der Waals surface area contributed by atoms with E-state index in [9.17, 15) is 9.59 Å². The molecule has 0 bridgehead atoms. The molecule has 1 aromatic carbocycles. The second kappa shape index (κ2) is 5.34. The van der Waals surface area contributed by atoms with Gasteiger partial charge in [-0.2, -0.15) is 0 Å². The van der Waals surface area contributed by atoms with Crippen molar-refractivity contribution in [3.05, 3.63) is 35.4 Å². The molecule has 1 atom stereocenters. The van der Waals surface area contributed by atoms with Crippen molar-refractivity contribution in [2.75, 3.05) is 7.11 Å². The Labute approximate surface area is 108 Å². The Morgan fingerprint density at radius 1 is 1.11 bits per heavy atom. The lowest BCUT2D eigenvalue weighted by atomic mass is 9.85. The molecule has 3 heteroatoms. The molecule has 3 nitrogen and oxygen atoms in total. The summed E-state index contributed by atoms with van der Waals surface area (Å²) >= 11 is 0. The minimum atomic E-state index is -0.816. The van der Waals surface area contributed by atoms with E-state index in [1.165, 1.54) is 19.6 Å². The van der Waals surface area contributed by atoms with E-state index in [-0.39, 0.29) is 11.2 Å². The topological polar surface area (TPSA) is 43.4 Å². The van der Waals surface area contributed by atoms with Crippen molar-refractivity contribution in [3.8, 4) is 0 Å². The first kappa shape index (κ1) is 14.4. The normalized spacial score (nSPS) is 12.9. The maximum Gasteiger partial charge on any atom is 0.320 e. The van der Waals surface area contributed by atoms with Crippen LogP contribution in [-0.2, 0) is 19.7 Å². The Hall–Kier alpha value is -1.64. The third kappa shape index (κ3) is 3.19. The molecule has 0 heterocycles. The zero-order valence-electron chi connectivity index (χ0n) is 11.6. The van der Waals surface area contributed by atoms with Gasteiger partial charge in [0.1, 0.15) is 11.7 Å². The number of Topliss-reactive ketones (excluding diaryl/α,β-unsaturated/α-hetero) is 1. The second-order valence-corrected chi connectivity index (χ2v) is 5.44. The number of ketones is 1.